The maximum atomic E-state index is 13.4. The van der Waals surface area contributed by atoms with Gasteiger partial charge in [0.25, 0.3) is 5.56 Å². The molecule has 0 N–H and O–H groups in total. The molecule has 0 fully saturated rings. The predicted molar refractivity (Wildman–Crippen MR) is 83.4 cm³/mol. The van der Waals surface area contributed by atoms with Gasteiger partial charge < -0.3 is 0 Å². The van der Waals surface area contributed by atoms with Crippen LogP contribution in [0, 0.1) is 5.82 Å². The quantitative estimate of drug-likeness (QED) is 0.746. The second-order valence-electron chi connectivity index (χ2n) is 5.50. The molecule has 0 saturated carbocycles. The van der Waals surface area contributed by atoms with E-state index in [9.17, 15) is 9.18 Å². The summed E-state index contributed by atoms with van der Waals surface area (Å²) in [5.74, 6) is 0.314. The van der Waals surface area contributed by atoms with Crippen LogP contribution >= 0.6 is 0 Å². The molecule has 0 spiro atoms. The van der Waals surface area contributed by atoms with E-state index in [4.69, 9.17) is 0 Å². The Bertz CT molecular complexity index is 872. The van der Waals surface area contributed by atoms with Crippen molar-refractivity contribution in [2.75, 3.05) is 0 Å². The van der Waals surface area contributed by atoms with Gasteiger partial charge in [-0.3, -0.25) is 14.3 Å². The van der Waals surface area contributed by atoms with Crippen LogP contribution in [-0.4, -0.2) is 14.5 Å². The van der Waals surface area contributed by atoms with Gasteiger partial charge in [-0.05, 0) is 30.3 Å². The fourth-order valence-electron chi connectivity index (χ4n) is 2.46. The van der Waals surface area contributed by atoms with Gasteiger partial charge in [0.1, 0.15) is 11.6 Å². The Balaban J connectivity index is 2.24. The zero-order valence-electron chi connectivity index (χ0n) is 12.5. The van der Waals surface area contributed by atoms with Crippen molar-refractivity contribution < 1.29 is 4.39 Å². The van der Waals surface area contributed by atoms with Crippen molar-refractivity contribution in [2.45, 2.75) is 26.3 Å². The van der Waals surface area contributed by atoms with Crippen molar-refractivity contribution >= 4 is 10.9 Å². The van der Waals surface area contributed by atoms with Crippen LogP contribution in [0.1, 0.15) is 31.3 Å². The third-order valence-electron chi connectivity index (χ3n) is 3.51. The summed E-state index contributed by atoms with van der Waals surface area (Å²) in [6.45, 7) is 4.28. The number of rotatable bonds is 3. The van der Waals surface area contributed by atoms with Gasteiger partial charge in [-0.25, -0.2) is 9.37 Å². The third kappa shape index (κ3) is 2.62. The number of halogens is 1. The van der Waals surface area contributed by atoms with E-state index in [1.54, 1.807) is 16.8 Å². The Morgan fingerprint density at radius 3 is 2.73 bits per heavy atom. The molecule has 1 aromatic carbocycles. The largest absolute Gasteiger partial charge is 0.290 e. The highest BCUT2D eigenvalue weighted by molar-refractivity contribution is 5.77. The third-order valence-corrected chi connectivity index (χ3v) is 3.51. The first kappa shape index (κ1) is 14.4. The molecule has 0 bridgehead atoms. The molecule has 5 heteroatoms. The summed E-state index contributed by atoms with van der Waals surface area (Å²) in [4.78, 5) is 21.5. The molecule has 0 radical (unpaired) electrons. The summed E-state index contributed by atoms with van der Waals surface area (Å²) < 4.78 is 15.0. The highest BCUT2D eigenvalue weighted by atomic mass is 19.1. The number of pyridine rings is 1. The minimum absolute atomic E-state index is 0.0749. The van der Waals surface area contributed by atoms with Gasteiger partial charge in [-0.2, -0.15) is 0 Å². The Labute approximate surface area is 127 Å². The van der Waals surface area contributed by atoms with E-state index in [0.717, 1.165) is 5.69 Å². The average molecular weight is 297 g/mol. The molecule has 22 heavy (non-hydrogen) atoms. The fourth-order valence-corrected chi connectivity index (χ4v) is 2.46. The molecule has 0 saturated heterocycles. The first-order valence-corrected chi connectivity index (χ1v) is 7.16. The van der Waals surface area contributed by atoms with Crippen molar-refractivity contribution in [1.82, 2.24) is 14.5 Å². The zero-order chi connectivity index (χ0) is 15.7. The number of benzene rings is 1. The SMILES string of the molecule is CC(C)c1nc2ccc(F)cc2c(=O)n1Cc1ccccn1. The Morgan fingerprint density at radius 2 is 2.05 bits per heavy atom. The Morgan fingerprint density at radius 1 is 1.23 bits per heavy atom. The van der Waals surface area contributed by atoms with E-state index in [2.05, 4.69) is 9.97 Å². The highest BCUT2D eigenvalue weighted by Gasteiger charge is 2.15. The average Bonchev–Trinajstić information content (AvgIpc) is 2.51. The number of hydrogen-bond donors (Lipinski definition) is 0. The predicted octanol–water partition coefficient (Wildman–Crippen LogP) is 3.10. The molecular formula is C17H16FN3O. The molecule has 112 valence electrons. The second-order valence-corrected chi connectivity index (χ2v) is 5.50. The van der Waals surface area contributed by atoms with Crippen molar-refractivity contribution in [3.63, 3.8) is 0 Å². The van der Waals surface area contributed by atoms with Crippen LogP contribution in [0.15, 0.2) is 47.4 Å². The van der Waals surface area contributed by atoms with Gasteiger partial charge in [0, 0.05) is 12.1 Å². The first-order chi connectivity index (χ1) is 10.6. The molecule has 2 aromatic heterocycles. The number of nitrogens with zero attached hydrogens (tertiary/aromatic N) is 3. The highest BCUT2D eigenvalue weighted by Crippen LogP contribution is 2.16. The van der Waals surface area contributed by atoms with Crippen LogP contribution < -0.4 is 5.56 Å². The molecular weight excluding hydrogens is 281 g/mol. The lowest BCUT2D eigenvalue weighted by Crippen LogP contribution is -2.27. The fraction of sp³-hybridized carbons (Fsp3) is 0.235. The van der Waals surface area contributed by atoms with E-state index in [0.29, 0.717) is 23.3 Å². The van der Waals surface area contributed by atoms with E-state index in [-0.39, 0.29) is 11.5 Å². The van der Waals surface area contributed by atoms with Crippen LogP contribution in [-0.2, 0) is 6.54 Å². The summed E-state index contributed by atoms with van der Waals surface area (Å²) in [7, 11) is 0. The molecule has 0 amide bonds. The number of hydrogen-bond acceptors (Lipinski definition) is 3. The Hall–Kier alpha value is -2.56. The summed E-state index contributed by atoms with van der Waals surface area (Å²) in [5.41, 5.74) is 1.05. The Kier molecular flexibility index (Phi) is 3.71. The van der Waals surface area contributed by atoms with Gasteiger partial charge in [0.2, 0.25) is 0 Å². The van der Waals surface area contributed by atoms with E-state index in [1.165, 1.54) is 12.1 Å². The maximum Gasteiger partial charge on any atom is 0.261 e. The van der Waals surface area contributed by atoms with Gasteiger partial charge in [0.15, 0.2) is 0 Å². The van der Waals surface area contributed by atoms with E-state index >= 15 is 0 Å². The lowest BCUT2D eigenvalue weighted by atomic mass is 10.1. The topological polar surface area (TPSA) is 47.8 Å². The van der Waals surface area contributed by atoms with Crippen LogP contribution in [0.4, 0.5) is 4.39 Å². The maximum absolute atomic E-state index is 13.4. The molecule has 3 rings (SSSR count). The molecule has 0 aliphatic rings. The van der Waals surface area contributed by atoms with Crippen LogP contribution in [0.2, 0.25) is 0 Å². The monoisotopic (exact) mass is 297 g/mol. The standard InChI is InChI=1S/C17H16FN3O/c1-11(2)16-20-15-7-6-12(18)9-14(15)17(22)21(16)10-13-5-3-4-8-19-13/h3-9,11H,10H2,1-2H3. The van der Waals surface area contributed by atoms with E-state index < -0.39 is 5.82 Å². The van der Waals surface area contributed by atoms with Gasteiger partial charge >= 0.3 is 0 Å². The number of fused-ring (bicyclic) bond motifs is 1. The van der Waals surface area contributed by atoms with Crippen LogP contribution in [0.3, 0.4) is 0 Å². The van der Waals surface area contributed by atoms with Crippen LogP contribution in [0.25, 0.3) is 10.9 Å². The van der Waals surface area contributed by atoms with E-state index in [1.807, 2.05) is 32.0 Å². The normalized spacial score (nSPS) is 11.3. The molecule has 0 aliphatic heterocycles. The molecule has 3 aromatic rings. The zero-order valence-corrected chi connectivity index (χ0v) is 12.5. The van der Waals surface area contributed by atoms with Gasteiger partial charge in [-0.1, -0.05) is 19.9 Å². The van der Waals surface area contributed by atoms with Crippen molar-refractivity contribution in [3.8, 4) is 0 Å². The second kappa shape index (κ2) is 5.67. The van der Waals surface area contributed by atoms with Crippen molar-refractivity contribution in [1.29, 1.82) is 0 Å². The molecule has 4 nitrogen and oxygen atoms in total. The van der Waals surface area contributed by atoms with Crippen LogP contribution in [0.5, 0.6) is 0 Å². The summed E-state index contributed by atoms with van der Waals surface area (Å²) >= 11 is 0. The van der Waals surface area contributed by atoms with Gasteiger partial charge in [0.05, 0.1) is 23.1 Å². The molecule has 0 unspecified atom stereocenters. The minimum atomic E-state index is -0.437. The summed E-state index contributed by atoms with van der Waals surface area (Å²) in [6, 6.07) is 9.65. The minimum Gasteiger partial charge on any atom is -0.290 e. The van der Waals surface area contributed by atoms with Crippen molar-refractivity contribution in [3.05, 3.63) is 70.3 Å². The first-order valence-electron chi connectivity index (χ1n) is 7.16. The molecule has 2 heterocycles. The lowest BCUT2D eigenvalue weighted by Gasteiger charge is -2.15. The summed E-state index contributed by atoms with van der Waals surface area (Å²) in [5, 5.41) is 0.292. The van der Waals surface area contributed by atoms with Crippen molar-refractivity contribution in [2.24, 2.45) is 0 Å². The lowest BCUT2D eigenvalue weighted by molar-refractivity contribution is 0.619. The molecule has 0 aliphatic carbocycles. The summed E-state index contributed by atoms with van der Waals surface area (Å²) in [6.07, 6.45) is 1.68. The van der Waals surface area contributed by atoms with Gasteiger partial charge in [-0.15, -0.1) is 0 Å². The smallest absolute Gasteiger partial charge is 0.261 e. The molecule has 0 atom stereocenters. The number of aromatic nitrogens is 3.